The molecule has 200 valence electrons. The van der Waals surface area contributed by atoms with Crippen LogP contribution in [0.25, 0.3) is 0 Å². The van der Waals surface area contributed by atoms with Gasteiger partial charge >= 0.3 is 12.1 Å². The molecule has 1 N–H and O–H groups in total. The lowest BCUT2D eigenvalue weighted by Crippen LogP contribution is -2.44. The number of rotatable bonds is 5. The van der Waals surface area contributed by atoms with Crippen LogP contribution in [0.5, 0.6) is 0 Å². The van der Waals surface area contributed by atoms with Crippen LogP contribution in [0, 0.1) is 0 Å². The third-order valence-corrected chi connectivity index (χ3v) is 7.31. The largest absolute Gasteiger partial charge is 0.490 e. The predicted molar refractivity (Wildman–Crippen MR) is 131 cm³/mol. The molecule has 4 rings (SSSR count). The molecule has 1 fully saturated rings. The van der Waals surface area contributed by atoms with Crippen molar-refractivity contribution in [2.75, 3.05) is 26.2 Å². The summed E-state index contributed by atoms with van der Waals surface area (Å²) in [7, 11) is 0. The van der Waals surface area contributed by atoms with Crippen molar-refractivity contribution in [3.8, 4) is 0 Å². The normalized spacial score (nSPS) is 18.0. The highest BCUT2D eigenvalue weighted by atomic mass is 19.4. The number of amides is 2. The van der Waals surface area contributed by atoms with Crippen LogP contribution in [0.1, 0.15) is 66.9 Å². The number of carboxylic acids is 1. The van der Waals surface area contributed by atoms with Gasteiger partial charge in [0.15, 0.2) is 0 Å². The summed E-state index contributed by atoms with van der Waals surface area (Å²) in [6.07, 6.45) is 1.74. The van der Waals surface area contributed by atoms with Gasteiger partial charge in [-0.25, -0.2) is 4.79 Å². The van der Waals surface area contributed by atoms with Gasteiger partial charge in [0.25, 0.3) is 5.91 Å². The van der Waals surface area contributed by atoms with Crippen molar-refractivity contribution in [1.82, 2.24) is 14.8 Å². The second kappa shape index (κ2) is 11.7. The first-order valence-electron chi connectivity index (χ1n) is 12.4. The number of carbonyl (C=O) groups excluding carboxylic acids is 2. The van der Waals surface area contributed by atoms with Gasteiger partial charge in [0.2, 0.25) is 5.91 Å². The van der Waals surface area contributed by atoms with Gasteiger partial charge in [0.05, 0.1) is 5.56 Å². The summed E-state index contributed by atoms with van der Waals surface area (Å²) in [6.45, 7) is 7.11. The number of carboxylic acid groups (broad SMARTS) is 1. The Morgan fingerprint density at radius 1 is 1.08 bits per heavy atom. The Balaban J connectivity index is 0.000000479. The first-order chi connectivity index (χ1) is 17.5. The summed E-state index contributed by atoms with van der Waals surface area (Å²) < 4.78 is 31.7. The molecular weight excluding hydrogens is 487 g/mol. The number of piperidine rings is 1. The van der Waals surface area contributed by atoms with E-state index in [0.717, 1.165) is 45.4 Å². The molecule has 2 aromatic rings. The average Bonchev–Trinajstić information content (AvgIpc) is 3.18. The maximum Gasteiger partial charge on any atom is 0.490 e. The first-order valence-corrected chi connectivity index (χ1v) is 12.4. The lowest BCUT2D eigenvalue weighted by molar-refractivity contribution is -0.192. The van der Waals surface area contributed by atoms with Crippen molar-refractivity contribution in [2.45, 2.75) is 57.0 Å². The third kappa shape index (κ3) is 6.47. The highest BCUT2D eigenvalue weighted by molar-refractivity contribution is 5.94. The number of alkyl halides is 3. The molecule has 37 heavy (non-hydrogen) atoms. The van der Waals surface area contributed by atoms with Crippen LogP contribution in [0.2, 0.25) is 0 Å². The second-order valence-electron chi connectivity index (χ2n) is 9.38. The number of pyridine rings is 1. The molecule has 2 amide bonds. The molecule has 1 aromatic heterocycles. The summed E-state index contributed by atoms with van der Waals surface area (Å²) in [6, 6.07) is 12.3. The van der Waals surface area contributed by atoms with E-state index in [-0.39, 0.29) is 23.1 Å². The molecule has 1 spiro atoms. The molecule has 1 aliphatic carbocycles. The van der Waals surface area contributed by atoms with E-state index < -0.39 is 12.1 Å². The zero-order valence-corrected chi connectivity index (χ0v) is 21.0. The molecule has 1 aromatic carbocycles. The molecule has 0 bridgehead atoms. The van der Waals surface area contributed by atoms with Crippen LogP contribution in [-0.2, 0) is 15.0 Å². The number of hydrogen-bond donors (Lipinski definition) is 1. The van der Waals surface area contributed by atoms with Crippen molar-refractivity contribution in [3.05, 3.63) is 65.5 Å². The lowest BCUT2D eigenvalue weighted by Gasteiger charge is -2.40. The van der Waals surface area contributed by atoms with Crippen LogP contribution >= 0.6 is 0 Å². The topological polar surface area (TPSA) is 90.8 Å². The number of aromatic nitrogens is 1. The highest BCUT2D eigenvalue weighted by Crippen LogP contribution is 2.52. The van der Waals surface area contributed by atoms with E-state index in [4.69, 9.17) is 9.90 Å². The molecule has 2 heterocycles. The van der Waals surface area contributed by atoms with Crippen LogP contribution < -0.4 is 0 Å². The minimum Gasteiger partial charge on any atom is -0.475 e. The summed E-state index contributed by atoms with van der Waals surface area (Å²) in [5.74, 6) is -2.17. The standard InChI is InChI=1S/C25H31N3O2.C2HF3O2/c1-3-27(4-2)23(29)16-20-17-25(22-10-6-5-9-21(20)22)11-14-28(15-12-25)24(30)19-8-7-13-26-18-19;3-2(4,5)1(6)7/h5-10,13,18,20H,3-4,11-12,14-17H2,1-2H3;(H,6,7). The van der Waals surface area contributed by atoms with Gasteiger partial charge < -0.3 is 14.9 Å². The lowest BCUT2D eigenvalue weighted by atomic mass is 9.73. The zero-order valence-electron chi connectivity index (χ0n) is 21.0. The maximum atomic E-state index is 12.8. The van der Waals surface area contributed by atoms with Gasteiger partial charge in [-0.15, -0.1) is 0 Å². The molecule has 1 saturated heterocycles. The summed E-state index contributed by atoms with van der Waals surface area (Å²) in [5.41, 5.74) is 3.47. The Kier molecular flexibility index (Phi) is 8.94. The van der Waals surface area contributed by atoms with Crippen LogP contribution in [0.4, 0.5) is 13.2 Å². The van der Waals surface area contributed by atoms with Gasteiger partial charge in [0, 0.05) is 45.0 Å². The Hall–Kier alpha value is -3.43. The maximum absolute atomic E-state index is 12.8. The fourth-order valence-corrected chi connectivity index (χ4v) is 5.41. The number of carbonyl (C=O) groups is 3. The fraction of sp³-hybridized carbons (Fsp3) is 0.481. The van der Waals surface area contributed by atoms with E-state index in [1.165, 1.54) is 11.1 Å². The number of halogens is 3. The smallest absolute Gasteiger partial charge is 0.475 e. The van der Waals surface area contributed by atoms with Gasteiger partial charge in [-0.1, -0.05) is 24.3 Å². The molecule has 1 aliphatic heterocycles. The van der Waals surface area contributed by atoms with Gasteiger partial charge in [-0.3, -0.25) is 14.6 Å². The van der Waals surface area contributed by atoms with Crippen LogP contribution in [0.3, 0.4) is 0 Å². The third-order valence-electron chi connectivity index (χ3n) is 7.31. The van der Waals surface area contributed by atoms with Gasteiger partial charge in [0.1, 0.15) is 0 Å². The SMILES string of the molecule is CCN(CC)C(=O)CC1CC2(CCN(C(=O)c3cccnc3)CC2)c2ccccc21.O=C(O)C(F)(F)F. The second-order valence-corrected chi connectivity index (χ2v) is 9.38. The summed E-state index contributed by atoms with van der Waals surface area (Å²) in [5, 5.41) is 7.12. The van der Waals surface area contributed by atoms with Crippen molar-refractivity contribution in [3.63, 3.8) is 0 Å². The Morgan fingerprint density at radius 3 is 2.24 bits per heavy atom. The van der Waals surface area contributed by atoms with Crippen molar-refractivity contribution in [2.24, 2.45) is 0 Å². The fourth-order valence-electron chi connectivity index (χ4n) is 5.41. The van der Waals surface area contributed by atoms with Crippen LogP contribution in [-0.4, -0.2) is 70.0 Å². The number of fused-ring (bicyclic) bond motifs is 2. The molecule has 7 nitrogen and oxygen atoms in total. The quantitative estimate of drug-likeness (QED) is 0.622. The Bertz CT molecular complexity index is 1100. The minimum absolute atomic E-state index is 0.0671. The molecule has 1 atom stereocenters. The number of likely N-dealkylation sites (tertiary alicyclic amines) is 1. The van der Waals surface area contributed by atoms with Gasteiger partial charge in [-0.05, 0) is 67.7 Å². The highest BCUT2D eigenvalue weighted by Gasteiger charge is 2.46. The summed E-state index contributed by atoms with van der Waals surface area (Å²) >= 11 is 0. The first kappa shape index (κ1) is 28.1. The number of aliphatic carboxylic acids is 1. The van der Waals surface area contributed by atoms with E-state index in [1.807, 2.05) is 35.8 Å². The summed E-state index contributed by atoms with van der Waals surface area (Å²) in [4.78, 5) is 42.5. The van der Waals surface area contributed by atoms with Gasteiger partial charge in [-0.2, -0.15) is 13.2 Å². The molecule has 2 aliphatic rings. The number of hydrogen-bond acceptors (Lipinski definition) is 4. The zero-order chi connectivity index (χ0) is 27.2. The van der Waals surface area contributed by atoms with Crippen LogP contribution in [0.15, 0.2) is 48.8 Å². The van der Waals surface area contributed by atoms with E-state index in [0.29, 0.717) is 12.0 Å². The Morgan fingerprint density at radius 2 is 1.70 bits per heavy atom. The minimum atomic E-state index is -5.08. The monoisotopic (exact) mass is 519 g/mol. The van der Waals surface area contributed by atoms with Crippen molar-refractivity contribution < 1.29 is 32.7 Å². The molecule has 0 saturated carbocycles. The molecule has 1 unspecified atom stereocenters. The van der Waals surface area contributed by atoms with E-state index >= 15 is 0 Å². The van der Waals surface area contributed by atoms with E-state index in [2.05, 4.69) is 29.2 Å². The molecule has 0 radical (unpaired) electrons. The molecule has 10 heteroatoms. The van der Waals surface area contributed by atoms with E-state index in [9.17, 15) is 22.8 Å². The average molecular weight is 520 g/mol. The predicted octanol–water partition coefficient (Wildman–Crippen LogP) is 4.63. The Labute approximate surface area is 214 Å². The molecular formula is C27H32F3N3O4. The van der Waals surface area contributed by atoms with Crippen molar-refractivity contribution in [1.29, 1.82) is 0 Å². The van der Waals surface area contributed by atoms with Crippen molar-refractivity contribution >= 4 is 17.8 Å². The number of benzene rings is 1. The number of nitrogens with zero attached hydrogens (tertiary/aromatic N) is 3. The van der Waals surface area contributed by atoms with E-state index in [1.54, 1.807) is 12.4 Å².